The summed E-state index contributed by atoms with van der Waals surface area (Å²) in [4.78, 5) is 10.7. The number of allylic oxidation sites excluding steroid dienone is 16. The van der Waals surface area contributed by atoms with Gasteiger partial charge in [0, 0.05) is 5.57 Å². The van der Waals surface area contributed by atoms with Crippen molar-refractivity contribution in [2.45, 2.75) is 67.4 Å². The van der Waals surface area contributed by atoms with Crippen LogP contribution < -0.4 is 0 Å². The van der Waals surface area contributed by atoms with Gasteiger partial charge in [-0.3, -0.25) is 0 Å². The molecule has 0 saturated carbocycles. The smallest absolute Gasteiger partial charge is 0.331 e. The zero-order chi connectivity index (χ0) is 25.0. The molecule has 0 saturated heterocycles. The molecule has 33 heavy (non-hydrogen) atoms. The second-order valence-electron chi connectivity index (χ2n) is 9.46. The molecule has 0 spiro atoms. The number of carboxylic acids is 1. The quantitative estimate of drug-likeness (QED) is 0.282. The summed E-state index contributed by atoms with van der Waals surface area (Å²) in [5.41, 5.74) is 6.26. The van der Waals surface area contributed by atoms with Gasteiger partial charge in [0.15, 0.2) is 0 Å². The lowest BCUT2D eigenvalue weighted by Gasteiger charge is -2.35. The van der Waals surface area contributed by atoms with Crippen molar-refractivity contribution >= 4 is 5.97 Å². The highest BCUT2D eigenvalue weighted by Gasteiger charge is 2.31. The molecule has 0 amide bonds. The van der Waals surface area contributed by atoms with Crippen LogP contribution in [-0.2, 0) is 4.79 Å². The Labute approximate surface area is 200 Å². The fourth-order valence-corrected chi connectivity index (χ4v) is 3.74. The Hall–Kier alpha value is -2.91. The van der Waals surface area contributed by atoms with E-state index in [-0.39, 0.29) is 11.5 Å². The Bertz CT molecular complexity index is 970. The first-order valence-corrected chi connectivity index (χ1v) is 11.4. The van der Waals surface area contributed by atoms with E-state index in [0.29, 0.717) is 5.57 Å². The van der Waals surface area contributed by atoms with Crippen LogP contribution in [0.25, 0.3) is 0 Å². The normalized spacial score (nSPS) is 21.4. The predicted molar refractivity (Wildman–Crippen MR) is 141 cm³/mol. The Morgan fingerprint density at radius 3 is 1.85 bits per heavy atom. The van der Waals surface area contributed by atoms with Crippen molar-refractivity contribution in [1.29, 1.82) is 0 Å². The van der Waals surface area contributed by atoms with Gasteiger partial charge in [0.2, 0.25) is 0 Å². The lowest BCUT2D eigenvalue weighted by molar-refractivity contribution is -0.132. The van der Waals surface area contributed by atoms with Crippen molar-refractivity contribution in [1.82, 2.24) is 0 Å². The summed E-state index contributed by atoms with van der Waals surface area (Å²) in [5.74, 6) is -0.905. The first-order chi connectivity index (χ1) is 15.4. The molecule has 0 aromatic carbocycles. The number of carboxylic acid groups (broad SMARTS) is 1. The zero-order valence-corrected chi connectivity index (χ0v) is 21.2. The molecule has 1 atom stereocenters. The van der Waals surface area contributed by atoms with E-state index in [1.54, 1.807) is 19.1 Å². The first-order valence-electron chi connectivity index (χ1n) is 11.4. The van der Waals surface area contributed by atoms with Gasteiger partial charge in [-0.15, -0.1) is 0 Å². The standard InChI is InChI=1S/C30H40O3/c1-22(12-8-9-13-23(2)16-11-17-25(4)29(32)33)14-10-15-24(3)18-19-28-26(5)20-27(31)21-30(28,6)7/h8-19,27,31H,20-21H2,1-7H3,(H,32,33)/b9-8+,14-10+,16-11+,19-18+,22-12+,23-13+,24-15+,25-17+. The van der Waals surface area contributed by atoms with Gasteiger partial charge in [-0.25, -0.2) is 4.79 Å². The fraction of sp³-hybridized carbons (Fsp3) is 0.367. The molecule has 0 aromatic heterocycles. The summed E-state index contributed by atoms with van der Waals surface area (Å²) < 4.78 is 0. The molecule has 0 bridgehead atoms. The largest absolute Gasteiger partial charge is 0.478 e. The number of aliphatic carboxylic acids is 1. The van der Waals surface area contributed by atoms with E-state index in [1.165, 1.54) is 16.7 Å². The molecule has 1 aliphatic rings. The lowest BCUT2D eigenvalue weighted by atomic mass is 9.71. The van der Waals surface area contributed by atoms with E-state index >= 15 is 0 Å². The molecule has 1 aliphatic carbocycles. The molecule has 1 unspecified atom stereocenters. The van der Waals surface area contributed by atoms with Crippen molar-refractivity contribution in [2.75, 3.05) is 0 Å². The Morgan fingerprint density at radius 2 is 1.33 bits per heavy atom. The van der Waals surface area contributed by atoms with Gasteiger partial charge in [-0.1, -0.05) is 109 Å². The highest BCUT2D eigenvalue weighted by molar-refractivity contribution is 5.86. The second-order valence-corrected chi connectivity index (χ2v) is 9.46. The van der Waals surface area contributed by atoms with Crippen LogP contribution in [-0.4, -0.2) is 22.3 Å². The van der Waals surface area contributed by atoms with Crippen LogP contribution >= 0.6 is 0 Å². The molecular weight excluding hydrogens is 408 g/mol. The summed E-state index contributed by atoms with van der Waals surface area (Å²) in [6, 6.07) is 0. The zero-order valence-electron chi connectivity index (χ0n) is 21.2. The van der Waals surface area contributed by atoms with E-state index in [1.807, 2.05) is 37.3 Å². The summed E-state index contributed by atoms with van der Waals surface area (Å²) >= 11 is 0. The molecule has 1 rings (SSSR count). The summed E-state index contributed by atoms with van der Waals surface area (Å²) in [7, 11) is 0. The minimum Gasteiger partial charge on any atom is -0.478 e. The van der Waals surface area contributed by atoms with Gasteiger partial charge in [-0.05, 0) is 58.4 Å². The summed E-state index contributed by atoms with van der Waals surface area (Å²) in [6.45, 7) is 14.2. The van der Waals surface area contributed by atoms with Crippen LogP contribution in [0.15, 0.2) is 106 Å². The van der Waals surface area contributed by atoms with Crippen LogP contribution in [0.3, 0.4) is 0 Å². The van der Waals surface area contributed by atoms with Crippen molar-refractivity contribution in [3.05, 3.63) is 106 Å². The Kier molecular flexibility index (Phi) is 11.6. The molecule has 0 aliphatic heterocycles. The molecule has 0 radical (unpaired) electrons. The third-order valence-electron chi connectivity index (χ3n) is 5.58. The molecule has 2 N–H and O–H groups in total. The topological polar surface area (TPSA) is 57.5 Å². The third-order valence-corrected chi connectivity index (χ3v) is 5.58. The van der Waals surface area contributed by atoms with Gasteiger partial charge < -0.3 is 10.2 Å². The molecule has 0 aromatic rings. The van der Waals surface area contributed by atoms with Gasteiger partial charge in [0.25, 0.3) is 0 Å². The summed E-state index contributed by atoms with van der Waals surface area (Å²) in [6.07, 6.45) is 25.1. The van der Waals surface area contributed by atoms with E-state index in [4.69, 9.17) is 5.11 Å². The number of rotatable bonds is 9. The van der Waals surface area contributed by atoms with E-state index in [9.17, 15) is 9.90 Å². The van der Waals surface area contributed by atoms with E-state index in [2.05, 4.69) is 65.0 Å². The van der Waals surface area contributed by atoms with Crippen molar-refractivity contribution in [3.8, 4) is 0 Å². The van der Waals surface area contributed by atoms with Crippen LogP contribution in [0.5, 0.6) is 0 Å². The number of hydrogen-bond donors (Lipinski definition) is 2. The molecule has 3 heteroatoms. The fourth-order valence-electron chi connectivity index (χ4n) is 3.74. The van der Waals surface area contributed by atoms with Gasteiger partial charge in [0.1, 0.15) is 0 Å². The lowest BCUT2D eigenvalue weighted by Crippen LogP contribution is -2.28. The first kappa shape index (κ1) is 28.1. The van der Waals surface area contributed by atoms with Crippen LogP contribution in [0.2, 0.25) is 0 Å². The van der Waals surface area contributed by atoms with Crippen LogP contribution in [0.4, 0.5) is 0 Å². The van der Waals surface area contributed by atoms with Gasteiger partial charge in [0.05, 0.1) is 6.10 Å². The maximum Gasteiger partial charge on any atom is 0.331 e. The average molecular weight is 449 g/mol. The third kappa shape index (κ3) is 11.0. The molecule has 3 nitrogen and oxygen atoms in total. The van der Waals surface area contributed by atoms with Crippen molar-refractivity contribution in [2.24, 2.45) is 5.41 Å². The maximum absolute atomic E-state index is 10.7. The Morgan fingerprint density at radius 1 is 0.848 bits per heavy atom. The van der Waals surface area contributed by atoms with Crippen molar-refractivity contribution in [3.63, 3.8) is 0 Å². The molecule has 178 valence electrons. The highest BCUT2D eigenvalue weighted by Crippen LogP contribution is 2.41. The number of hydrogen-bond acceptors (Lipinski definition) is 2. The van der Waals surface area contributed by atoms with E-state index in [0.717, 1.165) is 24.0 Å². The number of carbonyl (C=O) groups is 1. The SMILES string of the molecule is CC1=C(/C=C/C(C)=C/C=C/C(C)=C/C=C/C=C(C)/C=C/C=C(\C)C(=O)O)C(C)(C)CC(O)C1. The van der Waals surface area contributed by atoms with Crippen LogP contribution in [0, 0.1) is 5.41 Å². The monoisotopic (exact) mass is 448 g/mol. The minimum atomic E-state index is -0.905. The predicted octanol–water partition coefficient (Wildman–Crippen LogP) is 7.58. The Balaban J connectivity index is 2.68. The van der Waals surface area contributed by atoms with E-state index < -0.39 is 5.97 Å². The maximum atomic E-state index is 10.7. The number of aliphatic hydroxyl groups excluding tert-OH is 1. The minimum absolute atomic E-state index is 0.00324. The van der Waals surface area contributed by atoms with Gasteiger partial charge >= 0.3 is 5.97 Å². The van der Waals surface area contributed by atoms with Crippen molar-refractivity contribution < 1.29 is 15.0 Å². The summed E-state index contributed by atoms with van der Waals surface area (Å²) in [5, 5.41) is 18.9. The van der Waals surface area contributed by atoms with Gasteiger partial charge in [-0.2, -0.15) is 0 Å². The van der Waals surface area contributed by atoms with Crippen LogP contribution in [0.1, 0.15) is 61.3 Å². The number of aliphatic hydroxyl groups is 1. The molecule has 0 heterocycles. The molecular formula is C30H40O3. The average Bonchev–Trinajstić information content (AvgIpc) is 2.69. The highest BCUT2D eigenvalue weighted by atomic mass is 16.4. The second kappa shape index (κ2) is 13.6. The molecule has 0 fully saturated rings.